The molecule has 0 aliphatic heterocycles. The fraction of sp³-hybridized carbons (Fsp3) is 0.0714. The van der Waals surface area contributed by atoms with Gasteiger partial charge in [-0.3, -0.25) is 9.82 Å². The van der Waals surface area contributed by atoms with Crippen molar-refractivity contribution >= 4 is 43.1 Å². The highest BCUT2D eigenvalue weighted by atomic mass is 79.9. The highest BCUT2D eigenvalue weighted by Gasteiger charge is 2.34. The molecule has 0 aliphatic rings. The number of alkyl halides is 3. The zero-order chi connectivity index (χ0) is 18.9. The number of H-pyrrole nitrogens is 1. The lowest BCUT2D eigenvalue weighted by Gasteiger charge is -2.14. The van der Waals surface area contributed by atoms with Crippen molar-refractivity contribution in [1.29, 1.82) is 0 Å². The van der Waals surface area contributed by atoms with Crippen LogP contribution in [0.15, 0.2) is 51.1 Å². The Morgan fingerprint density at radius 2 is 2.00 bits per heavy atom. The van der Waals surface area contributed by atoms with Crippen LogP contribution in [0.3, 0.4) is 0 Å². The van der Waals surface area contributed by atoms with Gasteiger partial charge in [-0.25, -0.2) is 8.42 Å². The number of ether oxygens (including phenoxy) is 1. The Bertz CT molecular complexity index is 1020. The number of rotatable bonds is 5. The van der Waals surface area contributed by atoms with Gasteiger partial charge in [0.05, 0.1) is 10.6 Å². The Labute approximate surface area is 158 Å². The van der Waals surface area contributed by atoms with Crippen LogP contribution in [-0.4, -0.2) is 25.0 Å². The zero-order valence-corrected chi connectivity index (χ0v) is 15.8. The van der Waals surface area contributed by atoms with E-state index < -0.39 is 27.0 Å². The molecule has 0 radical (unpaired) electrons. The molecule has 2 aromatic heterocycles. The van der Waals surface area contributed by atoms with Crippen molar-refractivity contribution in [2.75, 3.05) is 4.72 Å². The average Bonchev–Trinajstić information content (AvgIpc) is 3.15. The minimum atomic E-state index is -5.04. The molecular formula is C14H9BrF3N3O3S2. The molecule has 2 N–H and O–H groups in total. The molecule has 0 aliphatic carbocycles. The third-order valence-electron chi connectivity index (χ3n) is 3.02. The number of aromatic amines is 1. The summed E-state index contributed by atoms with van der Waals surface area (Å²) in [5, 5.41) is 8.32. The molecule has 0 saturated carbocycles. The lowest BCUT2D eigenvalue weighted by molar-refractivity contribution is -0.275. The van der Waals surface area contributed by atoms with E-state index in [9.17, 15) is 21.6 Å². The van der Waals surface area contributed by atoms with Crippen LogP contribution in [0.1, 0.15) is 0 Å². The van der Waals surface area contributed by atoms with Gasteiger partial charge in [0, 0.05) is 10.5 Å². The molecule has 138 valence electrons. The van der Waals surface area contributed by atoms with Crippen molar-refractivity contribution < 1.29 is 26.3 Å². The summed E-state index contributed by atoms with van der Waals surface area (Å²) in [7, 11) is -4.36. The van der Waals surface area contributed by atoms with Crippen LogP contribution in [0.5, 0.6) is 5.75 Å². The number of hydrogen-bond donors (Lipinski definition) is 2. The summed E-state index contributed by atoms with van der Waals surface area (Å²) < 4.78 is 68.9. The number of aromatic nitrogens is 2. The van der Waals surface area contributed by atoms with Gasteiger partial charge in [0.15, 0.2) is 11.6 Å². The molecule has 0 amide bonds. The SMILES string of the molecule is O=S(=O)(Nc1cc(-c2cccs2)[nH]n1)c1ccc(Br)cc1OC(F)(F)F. The number of benzene rings is 1. The fourth-order valence-electron chi connectivity index (χ4n) is 2.03. The van der Waals surface area contributed by atoms with Crippen molar-refractivity contribution in [2.45, 2.75) is 11.3 Å². The van der Waals surface area contributed by atoms with Crippen LogP contribution in [0, 0.1) is 0 Å². The Balaban J connectivity index is 1.91. The molecule has 12 heteroatoms. The third kappa shape index (κ3) is 4.37. The van der Waals surface area contributed by atoms with Gasteiger partial charge in [-0.05, 0) is 29.6 Å². The van der Waals surface area contributed by atoms with Crippen LogP contribution in [0.4, 0.5) is 19.0 Å². The standard InChI is InChI=1S/C14H9BrF3N3O3S2/c15-8-3-4-12(10(6-8)24-14(16,17)18)26(22,23)21-13-7-9(19-20-13)11-2-1-5-25-11/h1-7H,(H2,19,20,21). The highest BCUT2D eigenvalue weighted by Crippen LogP contribution is 2.33. The minimum absolute atomic E-state index is 0.0609. The molecule has 1 aromatic carbocycles. The molecule has 26 heavy (non-hydrogen) atoms. The summed E-state index contributed by atoms with van der Waals surface area (Å²) in [4.78, 5) is 0.159. The number of anilines is 1. The van der Waals surface area contributed by atoms with Crippen LogP contribution in [0.2, 0.25) is 0 Å². The van der Waals surface area contributed by atoms with Gasteiger partial charge < -0.3 is 4.74 Å². The molecular weight excluding hydrogens is 459 g/mol. The predicted octanol–water partition coefficient (Wildman–Crippen LogP) is 4.60. The zero-order valence-electron chi connectivity index (χ0n) is 12.5. The van der Waals surface area contributed by atoms with Gasteiger partial charge >= 0.3 is 6.36 Å². The number of nitrogens with one attached hydrogen (secondary N) is 2. The van der Waals surface area contributed by atoms with Crippen LogP contribution in [-0.2, 0) is 10.0 Å². The van der Waals surface area contributed by atoms with E-state index >= 15 is 0 Å². The number of sulfonamides is 1. The Morgan fingerprint density at radius 1 is 1.23 bits per heavy atom. The van der Waals surface area contributed by atoms with E-state index in [1.54, 1.807) is 6.07 Å². The highest BCUT2D eigenvalue weighted by molar-refractivity contribution is 9.10. The maximum Gasteiger partial charge on any atom is 0.573 e. The summed E-state index contributed by atoms with van der Waals surface area (Å²) in [6.45, 7) is 0. The molecule has 0 saturated heterocycles. The predicted molar refractivity (Wildman–Crippen MR) is 93.5 cm³/mol. The van der Waals surface area contributed by atoms with E-state index in [0.29, 0.717) is 5.69 Å². The molecule has 0 spiro atoms. The van der Waals surface area contributed by atoms with Crippen molar-refractivity contribution in [1.82, 2.24) is 10.2 Å². The topological polar surface area (TPSA) is 84.1 Å². The van der Waals surface area contributed by atoms with Gasteiger partial charge in [0.2, 0.25) is 0 Å². The molecule has 0 atom stereocenters. The first-order valence-electron chi connectivity index (χ1n) is 6.81. The van der Waals surface area contributed by atoms with Crippen LogP contribution < -0.4 is 9.46 Å². The summed E-state index contributed by atoms with van der Waals surface area (Å²) in [6, 6.07) is 8.27. The van der Waals surface area contributed by atoms with E-state index in [1.807, 2.05) is 11.4 Å². The minimum Gasteiger partial charge on any atom is -0.404 e. The molecule has 3 rings (SSSR count). The van der Waals surface area contributed by atoms with Crippen LogP contribution in [0.25, 0.3) is 10.6 Å². The smallest absolute Gasteiger partial charge is 0.404 e. The summed E-state index contributed by atoms with van der Waals surface area (Å²) >= 11 is 4.40. The molecule has 2 heterocycles. The number of hydrogen-bond acceptors (Lipinski definition) is 5. The van der Waals surface area contributed by atoms with Gasteiger partial charge in [-0.15, -0.1) is 24.5 Å². The first-order valence-corrected chi connectivity index (χ1v) is 9.97. The molecule has 6 nitrogen and oxygen atoms in total. The normalized spacial score (nSPS) is 12.2. The monoisotopic (exact) mass is 467 g/mol. The second-order valence-corrected chi connectivity index (χ2v) is 8.40. The van der Waals surface area contributed by atoms with Crippen molar-refractivity contribution in [3.63, 3.8) is 0 Å². The average molecular weight is 468 g/mol. The number of nitrogens with zero attached hydrogens (tertiary/aromatic N) is 1. The van der Waals surface area contributed by atoms with E-state index in [4.69, 9.17) is 0 Å². The number of halogens is 4. The molecule has 3 aromatic rings. The van der Waals surface area contributed by atoms with E-state index in [0.717, 1.165) is 17.0 Å². The Hall–Kier alpha value is -2.05. The maximum absolute atomic E-state index is 12.6. The summed E-state index contributed by atoms with van der Waals surface area (Å²) in [5.41, 5.74) is 0.570. The number of thiophene rings is 1. The van der Waals surface area contributed by atoms with Crippen molar-refractivity contribution in [3.05, 3.63) is 46.3 Å². The van der Waals surface area contributed by atoms with Gasteiger partial charge in [-0.2, -0.15) is 5.10 Å². The third-order valence-corrected chi connectivity index (χ3v) is 5.81. The van der Waals surface area contributed by atoms with E-state index in [2.05, 4.69) is 35.6 Å². The van der Waals surface area contributed by atoms with Gasteiger partial charge in [0.25, 0.3) is 10.0 Å². The second-order valence-electron chi connectivity index (χ2n) is 4.89. The van der Waals surface area contributed by atoms with E-state index in [-0.39, 0.29) is 10.3 Å². The van der Waals surface area contributed by atoms with Gasteiger partial charge in [0.1, 0.15) is 4.90 Å². The molecule has 0 unspecified atom stereocenters. The van der Waals surface area contributed by atoms with Crippen molar-refractivity contribution in [2.24, 2.45) is 0 Å². The Kier molecular flexibility index (Phi) is 4.99. The summed E-state index contributed by atoms with van der Waals surface area (Å²) in [6.07, 6.45) is -5.04. The summed E-state index contributed by atoms with van der Waals surface area (Å²) in [5.74, 6) is -0.914. The largest absolute Gasteiger partial charge is 0.573 e. The first kappa shape index (κ1) is 18.7. The second kappa shape index (κ2) is 6.93. The van der Waals surface area contributed by atoms with Gasteiger partial charge in [-0.1, -0.05) is 22.0 Å². The quantitative estimate of drug-likeness (QED) is 0.574. The molecule has 0 fully saturated rings. The molecule has 0 bridgehead atoms. The first-order chi connectivity index (χ1) is 12.1. The fourth-order valence-corrected chi connectivity index (χ4v) is 4.17. The maximum atomic E-state index is 12.6. The van der Waals surface area contributed by atoms with Crippen molar-refractivity contribution in [3.8, 4) is 16.3 Å². The van der Waals surface area contributed by atoms with E-state index in [1.165, 1.54) is 23.5 Å². The van der Waals surface area contributed by atoms with Crippen LogP contribution >= 0.6 is 27.3 Å². The lowest BCUT2D eigenvalue weighted by atomic mass is 10.3. The lowest BCUT2D eigenvalue weighted by Crippen LogP contribution is -2.21. The Morgan fingerprint density at radius 3 is 2.65 bits per heavy atom.